The largest absolute Gasteiger partial charge is 0.496 e. The lowest BCUT2D eigenvalue weighted by atomic mass is 9.95. The van der Waals surface area contributed by atoms with Crippen molar-refractivity contribution in [2.75, 3.05) is 20.0 Å². The number of benzene rings is 2. The maximum Gasteiger partial charge on any atom is 0.356 e. The Balaban J connectivity index is 1.99. The van der Waals surface area contributed by atoms with Crippen LogP contribution in [0, 0.1) is 0 Å². The van der Waals surface area contributed by atoms with Gasteiger partial charge in [0, 0.05) is 5.69 Å². The highest BCUT2D eigenvalue weighted by atomic mass is 16.5. The molecule has 7 nitrogen and oxygen atoms in total. The second kappa shape index (κ2) is 8.10. The van der Waals surface area contributed by atoms with Crippen molar-refractivity contribution in [2.24, 2.45) is 0 Å². The number of rotatable bonds is 6. The van der Waals surface area contributed by atoms with Crippen molar-refractivity contribution in [3.8, 4) is 28.4 Å². The number of carboxylic acids is 1. The number of nitrogens with zero attached hydrogens (tertiary/aromatic N) is 2. The van der Waals surface area contributed by atoms with Crippen molar-refractivity contribution in [1.29, 1.82) is 0 Å². The molecule has 3 aromatic rings. The summed E-state index contributed by atoms with van der Waals surface area (Å²) >= 11 is 0. The van der Waals surface area contributed by atoms with E-state index in [1.807, 2.05) is 36.4 Å². The number of aromatic nitrogens is 2. The van der Waals surface area contributed by atoms with Crippen LogP contribution in [0.1, 0.15) is 47.7 Å². The number of ether oxygens (including phenoxy) is 2. The van der Waals surface area contributed by atoms with Crippen molar-refractivity contribution in [1.82, 2.24) is 9.78 Å². The summed E-state index contributed by atoms with van der Waals surface area (Å²) in [5.74, 6) is 0.422. The SMILES string of the molecule is COc1cccc(OC)c1-c1cc(C(=O)O)nn1-c1ccc(N)cc1C1CCCC1. The van der Waals surface area contributed by atoms with Crippen LogP contribution in [0.4, 0.5) is 5.69 Å². The normalized spacial score (nSPS) is 14.1. The zero-order valence-corrected chi connectivity index (χ0v) is 17.1. The van der Waals surface area contributed by atoms with Crippen molar-refractivity contribution in [2.45, 2.75) is 31.6 Å². The van der Waals surface area contributed by atoms with Crippen LogP contribution in [0.3, 0.4) is 0 Å². The van der Waals surface area contributed by atoms with Gasteiger partial charge >= 0.3 is 5.97 Å². The summed E-state index contributed by atoms with van der Waals surface area (Å²) in [6, 6.07) is 12.7. The maximum atomic E-state index is 11.8. The van der Waals surface area contributed by atoms with E-state index in [1.54, 1.807) is 25.0 Å². The van der Waals surface area contributed by atoms with E-state index >= 15 is 0 Å². The molecule has 1 heterocycles. The maximum absolute atomic E-state index is 11.8. The summed E-state index contributed by atoms with van der Waals surface area (Å²) in [7, 11) is 3.15. The van der Waals surface area contributed by atoms with Crippen LogP contribution in [0.25, 0.3) is 16.9 Å². The molecule has 156 valence electrons. The predicted molar refractivity (Wildman–Crippen MR) is 115 cm³/mol. The predicted octanol–water partition coefficient (Wildman–Crippen LogP) is 4.49. The summed E-state index contributed by atoms with van der Waals surface area (Å²) < 4.78 is 12.8. The van der Waals surface area contributed by atoms with E-state index in [9.17, 15) is 9.90 Å². The van der Waals surface area contributed by atoms with E-state index in [2.05, 4.69) is 5.10 Å². The molecule has 2 aromatic carbocycles. The zero-order valence-electron chi connectivity index (χ0n) is 17.1. The lowest BCUT2D eigenvalue weighted by Gasteiger charge is -2.19. The van der Waals surface area contributed by atoms with Crippen LogP contribution in [-0.4, -0.2) is 35.1 Å². The number of carbonyl (C=O) groups is 1. The first kappa shape index (κ1) is 19.8. The van der Waals surface area contributed by atoms with Crippen LogP contribution < -0.4 is 15.2 Å². The van der Waals surface area contributed by atoms with Gasteiger partial charge in [-0.05, 0) is 60.7 Å². The van der Waals surface area contributed by atoms with Crippen molar-refractivity contribution in [3.63, 3.8) is 0 Å². The van der Waals surface area contributed by atoms with Crippen LogP contribution in [0.2, 0.25) is 0 Å². The molecular formula is C23H25N3O4. The number of methoxy groups -OCH3 is 2. The number of nitrogens with two attached hydrogens (primary N) is 1. The van der Waals surface area contributed by atoms with Crippen LogP contribution in [0.5, 0.6) is 11.5 Å². The summed E-state index contributed by atoms with van der Waals surface area (Å²) in [5, 5.41) is 14.1. The smallest absolute Gasteiger partial charge is 0.356 e. The van der Waals surface area contributed by atoms with Gasteiger partial charge in [0.1, 0.15) is 11.5 Å². The molecule has 1 aliphatic rings. The molecule has 30 heavy (non-hydrogen) atoms. The Hall–Kier alpha value is -3.48. The number of anilines is 1. The lowest BCUT2D eigenvalue weighted by Crippen LogP contribution is -2.08. The molecule has 0 bridgehead atoms. The molecule has 7 heteroatoms. The summed E-state index contributed by atoms with van der Waals surface area (Å²) in [4.78, 5) is 11.8. The second-order valence-electron chi connectivity index (χ2n) is 7.47. The molecule has 0 unspecified atom stereocenters. The molecule has 1 aromatic heterocycles. The van der Waals surface area contributed by atoms with Gasteiger partial charge in [0.25, 0.3) is 0 Å². The highest BCUT2D eigenvalue weighted by Crippen LogP contribution is 2.42. The second-order valence-corrected chi connectivity index (χ2v) is 7.47. The fraction of sp³-hybridized carbons (Fsp3) is 0.304. The van der Waals surface area contributed by atoms with Crippen molar-refractivity contribution < 1.29 is 19.4 Å². The highest BCUT2D eigenvalue weighted by molar-refractivity contribution is 5.88. The first-order chi connectivity index (χ1) is 14.5. The van der Waals surface area contributed by atoms with Crippen LogP contribution in [-0.2, 0) is 0 Å². The third-order valence-corrected chi connectivity index (χ3v) is 5.69. The summed E-state index contributed by atoms with van der Waals surface area (Å²) in [6.45, 7) is 0. The van der Waals surface area contributed by atoms with Crippen molar-refractivity contribution in [3.05, 3.63) is 53.7 Å². The molecule has 1 saturated carbocycles. The zero-order chi connectivity index (χ0) is 21.3. The minimum absolute atomic E-state index is 0.0489. The fourth-order valence-electron chi connectivity index (χ4n) is 4.28. The molecule has 0 aliphatic heterocycles. The van der Waals surface area contributed by atoms with E-state index in [4.69, 9.17) is 15.2 Å². The Morgan fingerprint density at radius 3 is 2.37 bits per heavy atom. The van der Waals surface area contributed by atoms with Gasteiger partial charge in [-0.2, -0.15) is 5.10 Å². The number of carboxylic acid groups (broad SMARTS) is 1. The van der Waals surface area contributed by atoms with E-state index in [0.717, 1.165) is 24.1 Å². The Labute approximate surface area is 175 Å². The molecule has 1 fully saturated rings. The standard InChI is InChI=1S/C23H25N3O4/c1-29-20-8-5-9-21(30-2)22(20)19-13-17(23(27)28)25-26(19)18-11-10-15(24)12-16(18)14-6-3-4-7-14/h5,8-14H,3-4,6-7,24H2,1-2H3,(H,27,28). The minimum atomic E-state index is -1.10. The quantitative estimate of drug-likeness (QED) is 0.584. The summed E-state index contributed by atoms with van der Waals surface area (Å²) in [5.41, 5.74) is 9.89. The molecule has 4 rings (SSSR count). The highest BCUT2D eigenvalue weighted by Gasteiger charge is 2.26. The number of hydrogen-bond acceptors (Lipinski definition) is 5. The Morgan fingerprint density at radius 1 is 1.10 bits per heavy atom. The monoisotopic (exact) mass is 407 g/mol. The lowest BCUT2D eigenvalue weighted by molar-refractivity contribution is 0.0690. The summed E-state index contributed by atoms with van der Waals surface area (Å²) in [6.07, 6.45) is 4.50. The molecule has 0 spiro atoms. The Bertz CT molecular complexity index is 1060. The minimum Gasteiger partial charge on any atom is -0.496 e. The average Bonchev–Trinajstić information content (AvgIpc) is 3.43. The van der Waals surface area contributed by atoms with Gasteiger partial charge in [-0.1, -0.05) is 18.9 Å². The Morgan fingerprint density at radius 2 is 1.77 bits per heavy atom. The number of nitrogen functional groups attached to an aromatic ring is 1. The van der Waals surface area contributed by atoms with Crippen LogP contribution in [0.15, 0.2) is 42.5 Å². The first-order valence-electron chi connectivity index (χ1n) is 9.98. The van der Waals surface area contributed by atoms with Gasteiger partial charge in [0.15, 0.2) is 5.69 Å². The van der Waals surface area contributed by atoms with Gasteiger partial charge in [0.05, 0.1) is 31.2 Å². The molecule has 0 atom stereocenters. The van der Waals surface area contributed by atoms with E-state index in [-0.39, 0.29) is 5.69 Å². The van der Waals surface area contributed by atoms with E-state index < -0.39 is 5.97 Å². The number of hydrogen-bond donors (Lipinski definition) is 2. The Kier molecular flexibility index (Phi) is 5.35. The van der Waals surface area contributed by atoms with E-state index in [0.29, 0.717) is 34.4 Å². The molecular weight excluding hydrogens is 382 g/mol. The molecule has 0 amide bonds. The van der Waals surface area contributed by atoms with Crippen molar-refractivity contribution >= 4 is 11.7 Å². The third-order valence-electron chi connectivity index (χ3n) is 5.69. The molecule has 0 saturated heterocycles. The van der Waals surface area contributed by atoms with Gasteiger partial charge in [-0.3, -0.25) is 0 Å². The van der Waals surface area contributed by atoms with Crippen LogP contribution >= 0.6 is 0 Å². The van der Waals surface area contributed by atoms with Gasteiger partial charge in [-0.15, -0.1) is 0 Å². The van der Waals surface area contributed by atoms with E-state index in [1.165, 1.54) is 12.8 Å². The van der Waals surface area contributed by atoms with Gasteiger partial charge < -0.3 is 20.3 Å². The topological polar surface area (TPSA) is 99.6 Å². The number of aromatic carboxylic acids is 1. The van der Waals surface area contributed by atoms with Gasteiger partial charge in [-0.25, -0.2) is 9.48 Å². The third kappa shape index (κ3) is 3.47. The molecule has 1 aliphatic carbocycles. The molecule has 0 radical (unpaired) electrons. The van der Waals surface area contributed by atoms with Gasteiger partial charge in [0.2, 0.25) is 0 Å². The molecule has 3 N–H and O–H groups in total. The fourth-order valence-corrected chi connectivity index (χ4v) is 4.28. The average molecular weight is 407 g/mol. The first-order valence-corrected chi connectivity index (χ1v) is 9.98.